The molecule has 8 heteroatoms. The second-order valence-electron chi connectivity index (χ2n) is 6.35. The van der Waals surface area contributed by atoms with Crippen LogP contribution in [0.1, 0.15) is 24.5 Å². The molecule has 27 heavy (non-hydrogen) atoms. The van der Waals surface area contributed by atoms with Crippen LogP contribution in [0.15, 0.2) is 67.3 Å². The average molecular weight is 381 g/mol. The van der Waals surface area contributed by atoms with Gasteiger partial charge < -0.3 is 4.98 Å². The molecule has 4 rings (SSSR count). The molecule has 1 unspecified atom stereocenters. The summed E-state index contributed by atoms with van der Waals surface area (Å²) in [5.41, 5.74) is 2.52. The van der Waals surface area contributed by atoms with Gasteiger partial charge in [-0.25, -0.2) is 23.4 Å². The lowest BCUT2D eigenvalue weighted by Gasteiger charge is -2.15. The van der Waals surface area contributed by atoms with Crippen LogP contribution >= 0.6 is 0 Å². The summed E-state index contributed by atoms with van der Waals surface area (Å²) in [6, 6.07) is 0. The molecule has 7 nitrogen and oxygen atoms in total. The van der Waals surface area contributed by atoms with Crippen molar-refractivity contribution in [3.63, 3.8) is 0 Å². The van der Waals surface area contributed by atoms with Crippen molar-refractivity contribution in [3.05, 3.63) is 73.0 Å². The van der Waals surface area contributed by atoms with Gasteiger partial charge in [-0.2, -0.15) is 0 Å². The van der Waals surface area contributed by atoms with Gasteiger partial charge in [0.2, 0.25) is 16.0 Å². The Labute approximate surface area is 157 Å². The van der Waals surface area contributed by atoms with Gasteiger partial charge >= 0.3 is 0 Å². The molecule has 0 bridgehead atoms. The van der Waals surface area contributed by atoms with Crippen LogP contribution in [0, 0.1) is 0 Å². The minimum atomic E-state index is -3.58. The number of rotatable bonds is 5. The summed E-state index contributed by atoms with van der Waals surface area (Å²) in [6.45, 7) is 0. The second-order valence-corrected chi connectivity index (χ2v) is 8.25. The first-order chi connectivity index (χ1) is 13.1. The number of imidazole rings is 1. The third-order valence-electron chi connectivity index (χ3n) is 4.51. The minimum Gasteiger partial charge on any atom is -0.344 e. The Bertz CT molecular complexity index is 1030. The van der Waals surface area contributed by atoms with E-state index in [1.165, 1.54) is 0 Å². The predicted molar refractivity (Wildman–Crippen MR) is 104 cm³/mol. The molecule has 0 radical (unpaired) electrons. The Balaban J connectivity index is 1.53. The summed E-state index contributed by atoms with van der Waals surface area (Å²) in [5.74, 6) is 0.254. The molecule has 0 fully saturated rings. The van der Waals surface area contributed by atoms with Crippen LogP contribution in [0.4, 0.5) is 5.95 Å². The number of aromatic nitrogens is 4. The highest BCUT2D eigenvalue weighted by molar-refractivity contribution is 7.93. The van der Waals surface area contributed by atoms with E-state index in [1.807, 2.05) is 24.3 Å². The highest BCUT2D eigenvalue weighted by Gasteiger charge is 2.24. The van der Waals surface area contributed by atoms with Crippen molar-refractivity contribution in [2.45, 2.75) is 24.0 Å². The molecular weight excluding hydrogens is 362 g/mol. The number of hydrogen-bond acceptors (Lipinski definition) is 5. The zero-order chi connectivity index (χ0) is 18.7. The summed E-state index contributed by atoms with van der Waals surface area (Å²) < 4.78 is 27.3. The zero-order valence-corrected chi connectivity index (χ0v) is 15.3. The zero-order valence-electron chi connectivity index (χ0n) is 14.5. The van der Waals surface area contributed by atoms with Gasteiger partial charge in [-0.05, 0) is 12.8 Å². The average Bonchev–Trinajstić information content (AvgIpc) is 3.19. The molecule has 0 saturated heterocycles. The van der Waals surface area contributed by atoms with Crippen LogP contribution in [0.3, 0.4) is 0 Å². The van der Waals surface area contributed by atoms with Crippen LogP contribution in [0.25, 0.3) is 11.3 Å². The third-order valence-corrected chi connectivity index (χ3v) is 6.13. The topological polar surface area (TPSA) is 101 Å². The van der Waals surface area contributed by atoms with Crippen molar-refractivity contribution in [1.82, 2.24) is 19.9 Å². The number of nitrogens with one attached hydrogen (secondary N) is 2. The Morgan fingerprint density at radius 2 is 1.70 bits per heavy atom. The SMILES string of the molecule is O=S(=O)(Nc1ncc(-c2[nH]cnc2C2C=CC=CC2)cn1)[C@H]1C=CC=CC1. The van der Waals surface area contributed by atoms with Gasteiger partial charge in [0.05, 0.1) is 17.7 Å². The van der Waals surface area contributed by atoms with Crippen LogP contribution in [-0.4, -0.2) is 33.6 Å². The summed E-state index contributed by atoms with van der Waals surface area (Å²) in [7, 11) is -3.58. The molecule has 2 N–H and O–H groups in total. The summed E-state index contributed by atoms with van der Waals surface area (Å²) in [5, 5.41) is -0.615. The molecule has 0 saturated carbocycles. The number of nitrogens with zero attached hydrogens (tertiary/aromatic N) is 3. The molecular formula is C19H19N5O2S. The highest BCUT2D eigenvalue weighted by atomic mass is 32.2. The molecule has 2 aliphatic carbocycles. The predicted octanol–water partition coefficient (Wildman–Crippen LogP) is 3.09. The van der Waals surface area contributed by atoms with Gasteiger partial charge in [0.15, 0.2) is 0 Å². The van der Waals surface area contributed by atoms with Crippen LogP contribution in [-0.2, 0) is 10.0 Å². The van der Waals surface area contributed by atoms with E-state index in [0.717, 1.165) is 23.4 Å². The summed E-state index contributed by atoms with van der Waals surface area (Å²) in [6.07, 6.45) is 21.4. The van der Waals surface area contributed by atoms with Gasteiger partial charge in [-0.15, -0.1) is 0 Å². The number of H-pyrrole nitrogens is 1. The molecule has 2 aromatic heterocycles. The van der Waals surface area contributed by atoms with E-state index in [4.69, 9.17) is 0 Å². The summed E-state index contributed by atoms with van der Waals surface area (Å²) >= 11 is 0. The van der Waals surface area contributed by atoms with Crippen molar-refractivity contribution in [3.8, 4) is 11.3 Å². The van der Waals surface area contributed by atoms with Gasteiger partial charge in [-0.3, -0.25) is 4.72 Å². The maximum Gasteiger partial charge on any atom is 0.241 e. The van der Waals surface area contributed by atoms with Crippen LogP contribution < -0.4 is 4.72 Å². The van der Waals surface area contributed by atoms with E-state index in [0.29, 0.717) is 6.42 Å². The lowest BCUT2D eigenvalue weighted by Crippen LogP contribution is -2.27. The Hall–Kier alpha value is -3.00. The van der Waals surface area contributed by atoms with E-state index in [1.54, 1.807) is 30.9 Å². The first-order valence-corrected chi connectivity index (χ1v) is 10.2. The quantitative estimate of drug-likeness (QED) is 0.829. The smallest absolute Gasteiger partial charge is 0.241 e. The van der Waals surface area contributed by atoms with E-state index in [9.17, 15) is 8.42 Å². The number of aromatic amines is 1. The normalized spacial score (nSPS) is 21.5. The lowest BCUT2D eigenvalue weighted by atomic mass is 9.95. The molecule has 2 atom stereocenters. The van der Waals surface area contributed by atoms with E-state index in [2.05, 4.69) is 36.8 Å². The Morgan fingerprint density at radius 1 is 0.963 bits per heavy atom. The van der Waals surface area contributed by atoms with Crippen molar-refractivity contribution < 1.29 is 8.42 Å². The Kier molecular flexibility index (Phi) is 4.72. The standard InChI is InChI=1S/C19H19N5O2S/c25-27(26,16-9-5-2-6-10-16)24-19-20-11-15(12-21-19)18-17(22-13-23-18)14-7-3-1-4-8-14/h1-7,9,11-14,16H,8,10H2,(H,22,23)(H,20,21,24)/t14?,16-/m0/s1. The molecule has 0 aliphatic heterocycles. The van der Waals surface area contributed by atoms with E-state index >= 15 is 0 Å². The molecule has 2 heterocycles. The van der Waals surface area contributed by atoms with Crippen molar-refractivity contribution in [2.24, 2.45) is 0 Å². The van der Waals surface area contributed by atoms with Gasteiger partial charge in [0.1, 0.15) is 5.25 Å². The van der Waals surface area contributed by atoms with Gasteiger partial charge in [0, 0.05) is 23.9 Å². The largest absolute Gasteiger partial charge is 0.344 e. The molecule has 2 aromatic rings. The first-order valence-electron chi connectivity index (χ1n) is 8.67. The molecule has 0 aromatic carbocycles. The fourth-order valence-corrected chi connectivity index (χ4v) is 4.27. The third kappa shape index (κ3) is 3.75. The van der Waals surface area contributed by atoms with Crippen LogP contribution in [0.5, 0.6) is 0 Å². The fourth-order valence-electron chi connectivity index (χ4n) is 3.10. The van der Waals surface area contributed by atoms with Gasteiger partial charge in [-0.1, -0.05) is 48.6 Å². The monoisotopic (exact) mass is 381 g/mol. The van der Waals surface area contributed by atoms with Crippen LogP contribution in [0.2, 0.25) is 0 Å². The number of hydrogen-bond donors (Lipinski definition) is 2. The number of anilines is 1. The van der Waals surface area contributed by atoms with Crippen molar-refractivity contribution in [2.75, 3.05) is 4.72 Å². The molecule has 0 amide bonds. The van der Waals surface area contributed by atoms with Gasteiger partial charge in [0.25, 0.3) is 0 Å². The lowest BCUT2D eigenvalue weighted by molar-refractivity contribution is 0.593. The fraction of sp³-hybridized carbons (Fsp3) is 0.211. The number of sulfonamides is 1. The van der Waals surface area contributed by atoms with E-state index < -0.39 is 15.3 Å². The maximum atomic E-state index is 12.4. The van der Waals surface area contributed by atoms with E-state index in [-0.39, 0.29) is 11.9 Å². The minimum absolute atomic E-state index is 0.0586. The van der Waals surface area contributed by atoms with Crippen molar-refractivity contribution in [1.29, 1.82) is 0 Å². The first kappa shape index (κ1) is 17.4. The number of allylic oxidation sites excluding steroid dienone is 7. The highest BCUT2D eigenvalue weighted by Crippen LogP contribution is 2.30. The molecule has 0 spiro atoms. The second kappa shape index (κ2) is 7.32. The summed E-state index contributed by atoms with van der Waals surface area (Å²) in [4.78, 5) is 15.9. The Morgan fingerprint density at radius 3 is 2.37 bits per heavy atom. The molecule has 2 aliphatic rings. The molecule has 138 valence electrons. The van der Waals surface area contributed by atoms with Crippen molar-refractivity contribution >= 4 is 16.0 Å². The maximum absolute atomic E-state index is 12.4.